The summed E-state index contributed by atoms with van der Waals surface area (Å²) < 4.78 is 16.8. The topological polar surface area (TPSA) is 117 Å². The van der Waals surface area contributed by atoms with Gasteiger partial charge in [0, 0.05) is 24.9 Å². The van der Waals surface area contributed by atoms with Crippen LogP contribution >= 0.6 is 0 Å². The SMILES string of the molecule is C=C/C(=C(/OCc1ccc2c(c1)CCN(C1COC1)C2)C(=C)C)c1cccc(N/C(OC)=C(\C=N)C(=O)O)n1. The Labute approximate surface area is 228 Å². The number of nitrogens with one attached hydrogen (secondary N) is 2. The van der Waals surface area contributed by atoms with Gasteiger partial charge in [0.15, 0.2) is 0 Å². The highest BCUT2D eigenvalue weighted by molar-refractivity contribution is 6.08. The molecule has 9 heteroatoms. The third kappa shape index (κ3) is 6.45. The molecule has 1 saturated heterocycles. The summed E-state index contributed by atoms with van der Waals surface area (Å²) in [5, 5.41) is 19.5. The number of ether oxygens (including phenoxy) is 3. The molecule has 1 aromatic heterocycles. The summed E-state index contributed by atoms with van der Waals surface area (Å²) in [6.07, 6.45) is 3.37. The summed E-state index contributed by atoms with van der Waals surface area (Å²) in [6, 6.07) is 12.3. The van der Waals surface area contributed by atoms with Gasteiger partial charge in [0.05, 0.1) is 32.1 Å². The predicted octanol–water partition coefficient (Wildman–Crippen LogP) is 4.53. The van der Waals surface area contributed by atoms with Gasteiger partial charge in [0.2, 0.25) is 5.88 Å². The fourth-order valence-electron chi connectivity index (χ4n) is 4.59. The maximum atomic E-state index is 11.4. The van der Waals surface area contributed by atoms with Crippen LogP contribution < -0.4 is 5.32 Å². The third-order valence-electron chi connectivity index (χ3n) is 6.76. The zero-order chi connectivity index (χ0) is 27.9. The molecular formula is C30H34N4O5. The lowest BCUT2D eigenvalue weighted by molar-refractivity contribution is -0.132. The van der Waals surface area contributed by atoms with E-state index < -0.39 is 5.97 Å². The number of anilines is 1. The Kier molecular flexibility index (Phi) is 8.96. The van der Waals surface area contributed by atoms with Gasteiger partial charge in [-0.1, -0.05) is 43.5 Å². The molecule has 4 rings (SSSR count). The molecule has 0 aliphatic carbocycles. The molecule has 9 nitrogen and oxygen atoms in total. The first-order chi connectivity index (χ1) is 18.8. The fourth-order valence-corrected chi connectivity index (χ4v) is 4.59. The van der Waals surface area contributed by atoms with E-state index in [-0.39, 0.29) is 11.5 Å². The quantitative estimate of drug-likeness (QED) is 0.159. The number of nitrogens with zero attached hydrogens (tertiary/aromatic N) is 2. The van der Waals surface area contributed by atoms with E-state index in [4.69, 9.17) is 19.6 Å². The van der Waals surface area contributed by atoms with Crippen LogP contribution in [0.1, 0.15) is 29.3 Å². The second kappa shape index (κ2) is 12.6. The summed E-state index contributed by atoms with van der Waals surface area (Å²) in [6.45, 7) is 13.9. The number of hydrogen-bond acceptors (Lipinski definition) is 8. The lowest BCUT2D eigenvalue weighted by Crippen LogP contribution is -2.50. The number of benzene rings is 1. The van der Waals surface area contributed by atoms with Gasteiger partial charge in [-0.15, -0.1) is 0 Å². The Morgan fingerprint density at radius 2 is 2.10 bits per heavy atom. The number of pyridine rings is 1. The van der Waals surface area contributed by atoms with E-state index >= 15 is 0 Å². The smallest absolute Gasteiger partial charge is 0.342 e. The Balaban J connectivity index is 1.54. The lowest BCUT2D eigenvalue weighted by Gasteiger charge is -2.40. The van der Waals surface area contributed by atoms with Gasteiger partial charge in [0.25, 0.3) is 0 Å². The molecule has 0 spiro atoms. The second-order valence-corrected chi connectivity index (χ2v) is 9.46. The molecule has 0 bridgehead atoms. The molecule has 0 saturated carbocycles. The second-order valence-electron chi connectivity index (χ2n) is 9.46. The van der Waals surface area contributed by atoms with E-state index in [2.05, 4.69) is 46.6 Å². The molecule has 0 unspecified atom stereocenters. The Morgan fingerprint density at radius 3 is 2.72 bits per heavy atom. The highest BCUT2D eigenvalue weighted by Crippen LogP contribution is 2.28. The number of rotatable bonds is 12. The van der Waals surface area contributed by atoms with Crippen molar-refractivity contribution in [2.45, 2.75) is 32.5 Å². The number of methoxy groups -OCH3 is 1. The van der Waals surface area contributed by atoms with Crippen LogP contribution in [0.3, 0.4) is 0 Å². The van der Waals surface area contributed by atoms with Gasteiger partial charge in [0.1, 0.15) is 23.8 Å². The molecule has 1 aromatic carbocycles. The largest absolute Gasteiger partial charge is 0.488 e. The number of aromatic nitrogens is 1. The van der Waals surface area contributed by atoms with Gasteiger partial charge < -0.3 is 30.0 Å². The normalized spacial score (nSPS) is 16.6. The van der Waals surface area contributed by atoms with Crippen LogP contribution in [-0.4, -0.2) is 60.1 Å². The number of hydrogen-bond donors (Lipinski definition) is 3. The molecule has 2 aliphatic rings. The summed E-state index contributed by atoms with van der Waals surface area (Å²) in [7, 11) is 1.32. The van der Waals surface area contributed by atoms with Crippen LogP contribution in [0, 0.1) is 5.41 Å². The minimum atomic E-state index is -1.29. The van der Waals surface area contributed by atoms with Crippen molar-refractivity contribution in [2.24, 2.45) is 0 Å². The number of fused-ring (bicyclic) bond motifs is 1. The van der Waals surface area contributed by atoms with Gasteiger partial charge in [-0.05, 0) is 47.7 Å². The van der Waals surface area contributed by atoms with Gasteiger partial charge in [-0.3, -0.25) is 4.90 Å². The lowest BCUT2D eigenvalue weighted by atomic mass is 9.96. The summed E-state index contributed by atoms with van der Waals surface area (Å²) >= 11 is 0. The molecule has 3 N–H and O–H groups in total. The van der Waals surface area contributed by atoms with E-state index in [1.807, 2.05) is 6.92 Å². The summed E-state index contributed by atoms with van der Waals surface area (Å²) in [5.74, 6) is -0.485. The monoisotopic (exact) mass is 530 g/mol. The molecular weight excluding hydrogens is 496 g/mol. The number of carbonyl (C=O) groups is 1. The minimum absolute atomic E-state index is 0.0980. The van der Waals surface area contributed by atoms with E-state index in [0.717, 1.165) is 43.9 Å². The first-order valence-corrected chi connectivity index (χ1v) is 12.7. The van der Waals surface area contributed by atoms with E-state index in [0.29, 0.717) is 41.7 Å². The molecule has 204 valence electrons. The molecule has 0 atom stereocenters. The molecule has 0 radical (unpaired) electrons. The summed E-state index contributed by atoms with van der Waals surface area (Å²) in [4.78, 5) is 18.5. The zero-order valence-electron chi connectivity index (χ0n) is 22.3. The van der Waals surface area contributed by atoms with E-state index in [1.54, 1.807) is 24.3 Å². The van der Waals surface area contributed by atoms with Gasteiger partial charge >= 0.3 is 5.97 Å². The maximum absolute atomic E-state index is 11.4. The number of aliphatic carboxylic acids is 1. The Hall–Kier alpha value is -4.21. The minimum Gasteiger partial charge on any atom is -0.488 e. The van der Waals surface area contributed by atoms with Crippen LogP contribution in [0.15, 0.2) is 78.4 Å². The zero-order valence-corrected chi connectivity index (χ0v) is 22.3. The van der Waals surface area contributed by atoms with Crippen LogP contribution in [0.4, 0.5) is 5.82 Å². The first kappa shape index (κ1) is 27.8. The maximum Gasteiger partial charge on any atom is 0.342 e. The van der Waals surface area contributed by atoms with Crippen molar-refractivity contribution in [3.8, 4) is 0 Å². The summed E-state index contributed by atoms with van der Waals surface area (Å²) in [5.41, 5.74) is 5.37. The Morgan fingerprint density at radius 1 is 1.31 bits per heavy atom. The van der Waals surface area contributed by atoms with Crippen molar-refractivity contribution in [2.75, 3.05) is 32.2 Å². The molecule has 0 amide bonds. The van der Waals surface area contributed by atoms with Crippen molar-refractivity contribution in [1.29, 1.82) is 5.41 Å². The fraction of sp³-hybridized carbons (Fsp3) is 0.300. The van der Waals surface area contributed by atoms with Crippen LogP contribution in [0.5, 0.6) is 0 Å². The van der Waals surface area contributed by atoms with Crippen molar-refractivity contribution in [3.63, 3.8) is 0 Å². The van der Waals surface area contributed by atoms with Gasteiger partial charge in [-0.25, -0.2) is 9.78 Å². The molecule has 1 fully saturated rings. The van der Waals surface area contributed by atoms with Crippen LogP contribution in [-0.2, 0) is 38.6 Å². The standard InChI is InChI=1S/C30H34N4O5/c1-5-24(26-7-6-8-27(32-26)33-29(37-4)25(14-31)30(35)36)28(19(2)3)39-16-20-9-10-22-15-34(23-17-38-18-23)12-11-21(22)13-20/h5-10,13-14,23,31H,1-2,11-12,15-18H2,3-4H3,(H,32,33)(H,35,36)/b28-24-,29-25-,31-14?. The number of carboxylic acid groups (broad SMARTS) is 1. The van der Waals surface area contributed by atoms with Crippen molar-refractivity contribution in [3.05, 3.63) is 101 Å². The molecule has 2 aliphatic heterocycles. The molecule has 39 heavy (non-hydrogen) atoms. The van der Waals surface area contributed by atoms with Crippen LogP contribution in [0.25, 0.3) is 5.57 Å². The van der Waals surface area contributed by atoms with E-state index in [1.165, 1.54) is 18.2 Å². The average molecular weight is 531 g/mol. The molecule has 3 heterocycles. The highest BCUT2D eigenvalue weighted by Gasteiger charge is 2.28. The van der Waals surface area contributed by atoms with E-state index in [9.17, 15) is 9.90 Å². The number of allylic oxidation sites excluding steroid dienone is 3. The number of carboxylic acids is 1. The highest BCUT2D eigenvalue weighted by atomic mass is 16.5. The van der Waals surface area contributed by atoms with Crippen molar-refractivity contribution < 1.29 is 24.1 Å². The van der Waals surface area contributed by atoms with Crippen LogP contribution in [0.2, 0.25) is 0 Å². The van der Waals surface area contributed by atoms with Crippen molar-refractivity contribution in [1.82, 2.24) is 9.88 Å². The van der Waals surface area contributed by atoms with Gasteiger partial charge in [-0.2, -0.15) is 0 Å². The molecule has 2 aromatic rings. The third-order valence-corrected chi connectivity index (χ3v) is 6.76. The Bertz CT molecular complexity index is 1340. The first-order valence-electron chi connectivity index (χ1n) is 12.7. The van der Waals surface area contributed by atoms with Crippen molar-refractivity contribution >= 4 is 23.6 Å². The average Bonchev–Trinajstić information content (AvgIpc) is 2.89. The predicted molar refractivity (Wildman–Crippen MR) is 150 cm³/mol.